The molecule has 24 heavy (non-hydrogen) atoms. The molecule has 0 radical (unpaired) electrons. The molecule has 3 aliphatic heterocycles. The zero-order chi connectivity index (χ0) is 16.2. The van der Waals surface area contributed by atoms with Gasteiger partial charge in [0.25, 0.3) is 0 Å². The van der Waals surface area contributed by atoms with Gasteiger partial charge in [0.05, 0.1) is 18.3 Å². The molecule has 1 aromatic carbocycles. The van der Waals surface area contributed by atoms with E-state index < -0.39 is 0 Å². The second-order valence-electron chi connectivity index (χ2n) is 8.70. The van der Waals surface area contributed by atoms with Gasteiger partial charge in [-0.05, 0) is 50.3 Å². The van der Waals surface area contributed by atoms with Gasteiger partial charge in [0.15, 0.2) is 0 Å². The zero-order valence-corrected chi connectivity index (χ0v) is 14.7. The van der Waals surface area contributed by atoms with Crippen molar-refractivity contribution >= 4 is 5.69 Å². The Morgan fingerprint density at radius 2 is 1.96 bits per heavy atom. The van der Waals surface area contributed by atoms with Crippen LogP contribution in [0.1, 0.15) is 37.7 Å². The van der Waals surface area contributed by atoms with E-state index in [-0.39, 0.29) is 0 Å². The first-order valence-corrected chi connectivity index (χ1v) is 9.52. The minimum Gasteiger partial charge on any atom is -0.495 e. The van der Waals surface area contributed by atoms with E-state index in [9.17, 15) is 0 Å². The first-order valence-electron chi connectivity index (χ1n) is 9.52. The highest BCUT2D eigenvalue weighted by Crippen LogP contribution is 2.73. The lowest BCUT2D eigenvalue weighted by molar-refractivity contribution is -0.0572. The van der Waals surface area contributed by atoms with E-state index in [2.05, 4.69) is 47.2 Å². The molecule has 3 aliphatic carbocycles. The number of hydrogen-bond acceptors (Lipinski definition) is 3. The summed E-state index contributed by atoms with van der Waals surface area (Å²) in [5.41, 5.74) is 3.98. The highest BCUT2D eigenvalue weighted by atomic mass is 16.5. The molecule has 126 valence electrons. The molecule has 0 unspecified atom stereocenters. The first kappa shape index (κ1) is 13.8. The molecule has 4 fully saturated rings. The zero-order valence-electron chi connectivity index (χ0n) is 14.7. The third-order valence-electron chi connectivity index (χ3n) is 8.48. The number of fused-ring (bicyclic) bond motifs is 3. The van der Waals surface area contributed by atoms with Crippen molar-refractivity contribution in [3.8, 4) is 5.75 Å². The Morgan fingerprint density at radius 3 is 2.75 bits per heavy atom. The van der Waals surface area contributed by atoms with Gasteiger partial charge in [-0.1, -0.05) is 24.3 Å². The SMILES string of the molecule is COc1cccc2c1N(C)C13CCC4(C=CCN5CC[C@]21[C@@H]54)CC3. The second kappa shape index (κ2) is 4.01. The summed E-state index contributed by atoms with van der Waals surface area (Å²) in [5, 5.41) is 0. The molecular weight excluding hydrogens is 296 g/mol. The van der Waals surface area contributed by atoms with Gasteiger partial charge in [0, 0.05) is 30.5 Å². The Labute approximate surface area is 144 Å². The maximum Gasteiger partial charge on any atom is 0.142 e. The van der Waals surface area contributed by atoms with Crippen LogP contribution in [-0.2, 0) is 5.41 Å². The molecule has 3 nitrogen and oxygen atoms in total. The molecule has 2 bridgehead atoms. The highest BCUT2D eigenvalue weighted by Gasteiger charge is 2.76. The number of rotatable bonds is 1. The summed E-state index contributed by atoms with van der Waals surface area (Å²) in [4.78, 5) is 5.45. The Morgan fingerprint density at radius 1 is 1.12 bits per heavy atom. The summed E-state index contributed by atoms with van der Waals surface area (Å²) in [6, 6.07) is 7.47. The molecule has 1 saturated heterocycles. The van der Waals surface area contributed by atoms with Gasteiger partial charge in [0.2, 0.25) is 0 Å². The fourth-order valence-electron chi connectivity index (χ4n) is 7.74. The normalized spacial score (nSPS) is 44.4. The Hall–Kier alpha value is -1.48. The smallest absolute Gasteiger partial charge is 0.142 e. The number of nitrogens with zero attached hydrogens (tertiary/aromatic N) is 2. The Balaban J connectivity index is 1.69. The van der Waals surface area contributed by atoms with Crippen molar-refractivity contribution in [2.24, 2.45) is 5.41 Å². The lowest BCUT2D eigenvalue weighted by Gasteiger charge is -2.67. The third kappa shape index (κ3) is 1.15. The Bertz CT molecular complexity index is 761. The average molecular weight is 322 g/mol. The predicted molar refractivity (Wildman–Crippen MR) is 95.8 cm³/mol. The quantitative estimate of drug-likeness (QED) is 0.738. The monoisotopic (exact) mass is 322 g/mol. The van der Waals surface area contributed by atoms with Crippen LogP contribution in [0.5, 0.6) is 5.75 Å². The van der Waals surface area contributed by atoms with Crippen LogP contribution in [0, 0.1) is 5.41 Å². The topological polar surface area (TPSA) is 15.7 Å². The number of methoxy groups -OCH3 is 1. The molecule has 3 spiro atoms. The molecule has 0 amide bonds. The highest BCUT2D eigenvalue weighted by molar-refractivity contribution is 5.75. The lowest BCUT2D eigenvalue weighted by atomic mass is 9.42. The van der Waals surface area contributed by atoms with E-state index in [4.69, 9.17) is 4.74 Å². The van der Waals surface area contributed by atoms with Crippen LogP contribution in [0.2, 0.25) is 0 Å². The van der Waals surface area contributed by atoms with E-state index in [0.717, 1.165) is 12.3 Å². The van der Waals surface area contributed by atoms with E-state index in [0.29, 0.717) is 22.4 Å². The molecule has 2 atom stereocenters. The van der Waals surface area contributed by atoms with E-state index in [1.54, 1.807) is 5.56 Å². The molecule has 0 N–H and O–H groups in total. The molecule has 6 aliphatic rings. The van der Waals surface area contributed by atoms with Crippen LogP contribution in [0.3, 0.4) is 0 Å². The minimum atomic E-state index is 0.298. The molecule has 3 heterocycles. The predicted octanol–water partition coefficient (Wildman–Crippen LogP) is 3.34. The van der Waals surface area contributed by atoms with Gasteiger partial charge in [-0.15, -0.1) is 0 Å². The van der Waals surface area contributed by atoms with Crippen LogP contribution in [-0.4, -0.2) is 43.7 Å². The van der Waals surface area contributed by atoms with Crippen LogP contribution in [0.4, 0.5) is 5.69 Å². The summed E-state index contributed by atoms with van der Waals surface area (Å²) < 4.78 is 5.80. The summed E-state index contributed by atoms with van der Waals surface area (Å²) in [6.07, 6.45) is 11.7. The summed E-state index contributed by atoms with van der Waals surface area (Å²) in [7, 11) is 4.17. The van der Waals surface area contributed by atoms with Crippen molar-refractivity contribution in [2.75, 3.05) is 32.1 Å². The average Bonchev–Trinajstić information content (AvgIpc) is 3.14. The lowest BCUT2D eigenvalue weighted by Crippen LogP contribution is -2.73. The van der Waals surface area contributed by atoms with E-state index in [1.807, 2.05) is 7.11 Å². The van der Waals surface area contributed by atoms with E-state index in [1.165, 1.54) is 44.3 Å². The number of hydrogen-bond donors (Lipinski definition) is 0. The standard InChI is InChI=1S/C21H26N2O/c1-22-17-15(5-3-6-16(17)24-2)21-12-14-23-13-4-7-19(18(21)23)8-10-20(21,22)11-9-19/h3-7,18H,8-14H2,1-2H3/t18-,19?,20?,21+/m0/s1. The van der Waals surface area contributed by atoms with Crippen molar-refractivity contribution in [1.82, 2.24) is 4.90 Å². The molecular formula is C21H26N2O. The summed E-state index contributed by atoms with van der Waals surface area (Å²) in [6.45, 7) is 2.40. The minimum absolute atomic E-state index is 0.298. The largest absolute Gasteiger partial charge is 0.495 e. The number of benzene rings is 1. The van der Waals surface area contributed by atoms with Gasteiger partial charge in [-0.3, -0.25) is 4.90 Å². The van der Waals surface area contributed by atoms with Crippen molar-refractivity contribution in [2.45, 2.75) is 49.1 Å². The third-order valence-corrected chi connectivity index (χ3v) is 8.48. The van der Waals surface area contributed by atoms with Gasteiger partial charge >= 0.3 is 0 Å². The van der Waals surface area contributed by atoms with Crippen molar-refractivity contribution in [1.29, 1.82) is 0 Å². The van der Waals surface area contributed by atoms with Crippen molar-refractivity contribution in [3.05, 3.63) is 35.9 Å². The number of para-hydroxylation sites is 1. The van der Waals surface area contributed by atoms with Crippen LogP contribution in [0.15, 0.2) is 30.4 Å². The fraction of sp³-hybridized carbons (Fsp3) is 0.619. The van der Waals surface area contributed by atoms with E-state index >= 15 is 0 Å². The van der Waals surface area contributed by atoms with Crippen molar-refractivity contribution in [3.63, 3.8) is 0 Å². The fourth-order valence-corrected chi connectivity index (χ4v) is 7.74. The molecule has 3 saturated carbocycles. The van der Waals surface area contributed by atoms with Gasteiger partial charge in [-0.2, -0.15) is 0 Å². The van der Waals surface area contributed by atoms with Gasteiger partial charge < -0.3 is 9.64 Å². The summed E-state index contributed by atoms with van der Waals surface area (Å²) in [5.74, 6) is 1.07. The van der Waals surface area contributed by atoms with Crippen LogP contribution >= 0.6 is 0 Å². The molecule has 0 aromatic heterocycles. The molecule has 3 heteroatoms. The number of ether oxygens (including phenoxy) is 1. The van der Waals surface area contributed by atoms with Crippen molar-refractivity contribution < 1.29 is 4.74 Å². The first-order chi connectivity index (χ1) is 11.7. The Kier molecular flexibility index (Phi) is 2.30. The summed E-state index contributed by atoms with van der Waals surface area (Å²) >= 11 is 0. The van der Waals surface area contributed by atoms with Crippen LogP contribution in [0.25, 0.3) is 0 Å². The van der Waals surface area contributed by atoms with Crippen LogP contribution < -0.4 is 9.64 Å². The number of likely N-dealkylation sites (N-methyl/N-ethyl adjacent to an activating group) is 1. The molecule has 7 rings (SSSR count). The molecule has 1 aromatic rings. The number of anilines is 1. The second-order valence-corrected chi connectivity index (χ2v) is 8.70. The van der Waals surface area contributed by atoms with Gasteiger partial charge in [-0.25, -0.2) is 0 Å². The maximum atomic E-state index is 5.80. The maximum absolute atomic E-state index is 5.80. The van der Waals surface area contributed by atoms with Gasteiger partial charge in [0.1, 0.15) is 5.75 Å².